The Morgan fingerprint density at radius 3 is 2.36 bits per heavy atom. The van der Waals surface area contributed by atoms with Crippen LogP contribution in [0.15, 0.2) is 0 Å². The molecule has 1 saturated carbocycles. The molecule has 0 saturated heterocycles. The summed E-state index contributed by atoms with van der Waals surface area (Å²) >= 11 is 0. The molecule has 0 amide bonds. The molecular formula is C9H20IP. The van der Waals surface area contributed by atoms with Crippen LogP contribution in [0.4, 0.5) is 0 Å². The molecule has 0 aromatic rings. The van der Waals surface area contributed by atoms with Crippen molar-refractivity contribution in [1.82, 2.24) is 0 Å². The largest absolute Gasteiger partial charge is 1.00 e. The summed E-state index contributed by atoms with van der Waals surface area (Å²) in [6.07, 6.45) is 10.7. The highest BCUT2D eigenvalue weighted by Gasteiger charge is 2.16. The summed E-state index contributed by atoms with van der Waals surface area (Å²) in [5.41, 5.74) is 1.19. The third-order valence-electron chi connectivity index (χ3n) is 2.44. The zero-order chi connectivity index (χ0) is 7.23. The molecule has 0 radical (unpaired) electrons. The van der Waals surface area contributed by atoms with E-state index >= 15 is 0 Å². The van der Waals surface area contributed by atoms with Crippen LogP contribution in [0.2, 0.25) is 0 Å². The van der Waals surface area contributed by atoms with Gasteiger partial charge in [0.2, 0.25) is 0 Å². The predicted molar refractivity (Wildman–Crippen MR) is 51.7 cm³/mol. The first-order valence-electron chi connectivity index (χ1n) is 4.77. The van der Waals surface area contributed by atoms with E-state index in [9.17, 15) is 0 Å². The number of halogens is 1. The predicted octanol–water partition coefficient (Wildman–Crippen LogP) is 0.144. The summed E-state index contributed by atoms with van der Waals surface area (Å²) in [5, 5.41) is 0. The lowest BCUT2D eigenvalue weighted by molar-refractivity contribution is -0.00000216. The zero-order valence-corrected chi connectivity index (χ0v) is 10.8. The first kappa shape index (κ1) is 12.2. The summed E-state index contributed by atoms with van der Waals surface area (Å²) in [6, 6.07) is 0. The zero-order valence-electron chi connectivity index (χ0n) is 7.48. The molecule has 1 rings (SSSR count). The van der Waals surface area contributed by atoms with Gasteiger partial charge in [0.05, 0.1) is 11.8 Å². The lowest BCUT2D eigenvalue weighted by Gasteiger charge is -2.16. The highest BCUT2D eigenvalue weighted by atomic mass is 127. The fourth-order valence-corrected chi connectivity index (χ4v) is 3.52. The molecule has 1 aliphatic rings. The van der Waals surface area contributed by atoms with Gasteiger partial charge in [-0.15, -0.1) is 0 Å². The van der Waals surface area contributed by atoms with Gasteiger partial charge >= 0.3 is 0 Å². The third kappa shape index (κ3) is 5.41. The molecule has 68 valence electrons. The van der Waals surface area contributed by atoms with E-state index in [1.54, 1.807) is 19.0 Å². The van der Waals surface area contributed by atoms with E-state index in [0.717, 1.165) is 8.58 Å². The minimum Gasteiger partial charge on any atom is -1.00 e. The van der Waals surface area contributed by atoms with Gasteiger partial charge in [-0.3, -0.25) is 0 Å². The minimum atomic E-state index is 0. The third-order valence-corrected chi connectivity index (χ3v) is 4.68. The molecule has 0 N–H and O–H groups in total. The normalized spacial score (nSPS) is 20.5. The van der Waals surface area contributed by atoms with Crippen LogP contribution < -0.4 is 24.0 Å². The van der Waals surface area contributed by atoms with E-state index in [2.05, 4.69) is 6.92 Å². The van der Waals surface area contributed by atoms with Gasteiger partial charge < -0.3 is 24.0 Å². The van der Waals surface area contributed by atoms with Gasteiger partial charge in [-0.1, -0.05) is 13.3 Å². The molecule has 1 unspecified atom stereocenters. The quantitative estimate of drug-likeness (QED) is 0.511. The topological polar surface area (TPSA) is 0 Å². The Balaban J connectivity index is 0.000001000. The summed E-state index contributed by atoms with van der Waals surface area (Å²) in [4.78, 5) is 0. The summed E-state index contributed by atoms with van der Waals surface area (Å²) in [7, 11) is 0.823. The van der Waals surface area contributed by atoms with Crippen molar-refractivity contribution >= 4 is 8.58 Å². The van der Waals surface area contributed by atoms with Gasteiger partial charge in [-0.2, -0.15) is 0 Å². The van der Waals surface area contributed by atoms with E-state index in [-0.39, 0.29) is 24.0 Å². The fraction of sp³-hybridized carbons (Fsp3) is 1.00. The Morgan fingerprint density at radius 2 is 1.82 bits per heavy atom. The van der Waals surface area contributed by atoms with E-state index in [1.165, 1.54) is 31.3 Å². The van der Waals surface area contributed by atoms with Crippen LogP contribution in [0.25, 0.3) is 0 Å². The second kappa shape index (κ2) is 7.79. The number of hydrogen-bond acceptors (Lipinski definition) is 0. The van der Waals surface area contributed by atoms with Crippen molar-refractivity contribution in [3.05, 3.63) is 0 Å². The van der Waals surface area contributed by atoms with Crippen molar-refractivity contribution in [1.29, 1.82) is 0 Å². The van der Waals surface area contributed by atoms with Crippen LogP contribution in [-0.4, -0.2) is 11.8 Å². The number of hydrogen-bond donors (Lipinski definition) is 0. The van der Waals surface area contributed by atoms with Gasteiger partial charge in [0.25, 0.3) is 0 Å². The van der Waals surface area contributed by atoms with Crippen molar-refractivity contribution in [3.8, 4) is 0 Å². The van der Waals surface area contributed by atoms with Gasteiger partial charge in [0, 0.05) is 0 Å². The SMILES string of the molecule is CCC[PH2+]C1CCCCC1.[I-]. The average Bonchev–Trinajstić information content (AvgIpc) is 2.03. The molecule has 0 aliphatic heterocycles. The lowest BCUT2D eigenvalue weighted by atomic mass is 10.0. The first-order chi connectivity index (χ1) is 4.93. The molecular weight excluding hydrogens is 266 g/mol. The van der Waals surface area contributed by atoms with Gasteiger partial charge in [0.1, 0.15) is 0 Å². The Morgan fingerprint density at radius 1 is 1.18 bits per heavy atom. The van der Waals surface area contributed by atoms with Crippen LogP contribution >= 0.6 is 8.58 Å². The second-order valence-corrected chi connectivity index (χ2v) is 5.41. The highest BCUT2D eigenvalue weighted by Crippen LogP contribution is 2.32. The van der Waals surface area contributed by atoms with Crippen molar-refractivity contribution < 1.29 is 24.0 Å². The first-order valence-corrected chi connectivity index (χ1v) is 6.25. The van der Waals surface area contributed by atoms with Crippen LogP contribution in [0.5, 0.6) is 0 Å². The molecule has 0 spiro atoms. The molecule has 0 nitrogen and oxygen atoms in total. The molecule has 0 bridgehead atoms. The van der Waals surface area contributed by atoms with Gasteiger partial charge in [-0.25, -0.2) is 0 Å². The minimum absolute atomic E-state index is 0. The average molecular weight is 286 g/mol. The van der Waals surface area contributed by atoms with Crippen molar-refractivity contribution in [3.63, 3.8) is 0 Å². The van der Waals surface area contributed by atoms with Gasteiger partial charge in [0.15, 0.2) is 0 Å². The maximum Gasteiger partial charge on any atom is 0.0652 e. The molecule has 0 aromatic carbocycles. The van der Waals surface area contributed by atoms with Crippen molar-refractivity contribution in [2.45, 2.75) is 51.1 Å². The Bertz CT molecular complexity index is 79.6. The maximum absolute atomic E-state index is 2.32. The molecule has 1 fully saturated rings. The molecule has 2 heteroatoms. The number of rotatable bonds is 3. The molecule has 1 atom stereocenters. The van der Waals surface area contributed by atoms with E-state index in [4.69, 9.17) is 0 Å². The van der Waals surface area contributed by atoms with E-state index in [1.807, 2.05) is 0 Å². The summed E-state index contributed by atoms with van der Waals surface area (Å²) in [6.45, 7) is 2.32. The van der Waals surface area contributed by atoms with E-state index in [0.29, 0.717) is 0 Å². The summed E-state index contributed by atoms with van der Waals surface area (Å²) in [5.74, 6) is 0. The highest BCUT2D eigenvalue weighted by molar-refractivity contribution is 7.38. The van der Waals surface area contributed by atoms with Crippen molar-refractivity contribution in [2.24, 2.45) is 0 Å². The molecule has 11 heavy (non-hydrogen) atoms. The van der Waals surface area contributed by atoms with Gasteiger partial charge in [-0.05, 0) is 40.7 Å². The smallest absolute Gasteiger partial charge is 0.0652 e. The Labute approximate surface area is 89.7 Å². The Hall–Kier alpha value is 1.16. The van der Waals surface area contributed by atoms with Crippen LogP contribution in [-0.2, 0) is 0 Å². The van der Waals surface area contributed by atoms with Crippen molar-refractivity contribution in [2.75, 3.05) is 6.16 Å². The maximum atomic E-state index is 2.32. The fourth-order valence-electron chi connectivity index (χ4n) is 1.77. The van der Waals surface area contributed by atoms with Crippen LogP contribution in [0.1, 0.15) is 45.4 Å². The van der Waals surface area contributed by atoms with E-state index < -0.39 is 0 Å². The van der Waals surface area contributed by atoms with Crippen LogP contribution in [0.3, 0.4) is 0 Å². The lowest BCUT2D eigenvalue weighted by Crippen LogP contribution is -3.00. The molecule has 1 aliphatic carbocycles. The standard InChI is InChI=1S/C9H19P.HI/c1-2-8-10-9-6-4-3-5-7-9;/h9-10H,2-8H2,1H3;1H. The molecule has 0 aromatic heterocycles. The van der Waals surface area contributed by atoms with Crippen LogP contribution in [0, 0.1) is 0 Å². The monoisotopic (exact) mass is 286 g/mol. The summed E-state index contributed by atoms with van der Waals surface area (Å²) < 4.78 is 0. The second-order valence-electron chi connectivity index (χ2n) is 3.42. The Kier molecular flexibility index (Phi) is 8.61. The molecule has 0 heterocycles.